The van der Waals surface area contributed by atoms with Gasteiger partial charge in [-0.3, -0.25) is 15.5 Å². The summed E-state index contributed by atoms with van der Waals surface area (Å²) in [6, 6.07) is 3.73. The van der Waals surface area contributed by atoms with Crippen LogP contribution in [-0.2, 0) is 15.7 Å². The second kappa shape index (κ2) is 6.89. The number of aliphatic imine (C=N–C) groups is 1. The molecule has 11 heteroatoms. The molecule has 28 heavy (non-hydrogen) atoms. The van der Waals surface area contributed by atoms with E-state index in [0.29, 0.717) is 13.2 Å². The molecule has 2 atom stereocenters. The highest BCUT2D eigenvalue weighted by Gasteiger charge is 2.42. The third-order valence-electron chi connectivity index (χ3n) is 4.77. The van der Waals surface area contributed by atoms with Crippen LogP contribution in [0.1, 0.15) is 12.0 Å². The van der Waals surface area contributed by atoms with E-state index in [2.05, 4.69) is 31.6 Å². The van der Waals surface area contributed by atoms with Crippen molar-refractivity contribution in [3.63, 3.8) is 0 Å². The average molecular weight is 458 g/mol. The van der Waals surface area contributed by atoms with Gasteiger partial charge in [-0.1, -0.05) is 15.9 Å². The number of hydrogen-bond acceptors (Lipinski definition) is 5. The van der Waals surface area contributed by atoms with Crippen LogP contribution in [0, 0.1) is 5.41 Å². The first-order valence-electron chi connectivity index (χ1n) is 8.43. The highest BCUT2D eigenvalue weighted by Crippen LogP contribution is 2.36. The smallest absolute Gasteiger partial charge is 0.374 e. The van der Waals surface area contributed by atoms with Gasteiger partial charge in [-0.05, 0) is 24.6 Å². The number of ether oxygens (including phenoxy) is 1. The zero-order valence-corrected chi connectivity index (χ0v) is 15.9. The lowest BCUT2D eigenvalue weighted by molar-refractivity contribution is -0.137. The maximum absolute atomic E-state index is 13.2. The first-order chi connectivity index (χ1) is 13.2. The fraction of sp³-hybridized carbons (Fsp3) is 0.353. The Hall–Kier alpha value is -2.40. The van der Waals surface area contributed by atoms with Crippen molar-refractivity contribution >= 4 is 39.3 Å². The zero-order chi connectivity index (χ0) is 20.1. The monoisotopic (exact) mass is 457 g/mol. The quantitative estimate of drug-likeness (QED) is 0.595. The van der Waals surface area contributed by atoms with Crippen LogP contribution in [-0.4, -0.2) is 47.9 Å². The van der Waals surface area contributed by atoms with E-state index < -0.39 is 17.6 Å². The molecule has 0 aliphatic carbocycles. The third kappa shape index (κ3) is 3.51. The van der Waals surface area contributed by atoms with Crippen molar-refractivity contribution in [2.45, 2.75) is 24.7 Å². The molecule has 1 aromatic rings. The normalized spacial score (nSPS) is 25.9. The molecule has 3 N–H and O–H groups in total. The Morgan fingerprint density at radius 1 is 1.43 bits per heavy atom. The highest BCUT2D eigenvalue weighted by atomic mass is 79.9. The predicted octanol–water partition coefficient (Wildman–Crippen LogP) is 2.70. The van der Waals surface area contributed by atoms with Gasteiger partial charge in [0.15, 0.2) is 5.84 Å². The standard InChI is InChI=1S/C17H15BrF3N5O2/c18-8-1-2-13(12(3-8)17(19,20)21)23-5-11-14(22)24-16(25-15(11)27)26-6-10-4-9(26)7-28-10/h1-3,5,9-10,23H,4,6-7H2,(H2,22,24,25,27)/b11-5+. The molecule has 3 heterocycles. The number of carbonyl (C=O) groups is 1. The SMILES string of the molecule is N=C1N=C(N2CC3CC2CO3)NC(=O)/C1=C/Nc1ccc(Br)cc1C(F)(F)F. The van der Waals surface area contributed by atoms with Gasteiger partial charge in [-0.15, -0.1) is 0 Å². The van der Waals surface area contributed by atoms with Crippen molar-refractivity contribution in [3.8, 4) is 0 Å². The van der Waals surface area contributed by atoms with Gasteiger partial charge in [0, 0.05) is 17.2 Å². The number of alkyl halides is 3. The van der Waals surface area contributed by atoms with Crippen molar-refractivity contribution in [2.75, 3.05) is 18.5 Å². The number of fused-ring (bicyclic) bond motifs is 2. The van der Waals surface area contributed by atoms with Crippen molar-refractivity contribution in [1.82, 2.24) is 10.2 Å². The van der Waals surface area contributed by atoms with Gasteiger partial charge in [0.05, 0.1) is 35.6 Å². The van der Waals surface area contributed by atoms with Gasteiger partial charge in [0.25, 0.3) is 5.91 Å². The Kier molecular flexibility index (Phi) is 4.66. The third-order valence-corrected chi connectivity index (χ3v) is 5.27. The minimum absolute atomic E-state index is 0.0931. The van der Waals surface area contributed by atoms with E-state index >= 15 is 0 Å². The molecule has 3 aliphatic rings. The van der Waals surface area contributed by atoms with E-state index in [1.54, 1.807) is 0 Å². The molecule has 4 rings (SSSR count). The number of likely N-dealkylation sites (tertiary alicyclic amines) is 1. The molecule has 2 saturated heterocycles. The second-order valence-electron chi connectivity index (χ2n) is 6.63. The van der Waals surface area contributed by atoms with Crippen molar-refractivity contribution in [1.29, 1.82) is 5.41 Å². The molecule has 0 radical (unpaired) electrons. The van der Waals surface area contributed by atoms with Crippen LogP contribution in [0.2, 0.25) is 0 Å². The molecule has 148 valence electrons. The van der Waals surface area contributed by atoms with E-state index in [4.69, 9.17) is 10.1 Å². The van der Waals surface area contributed by atoms with Gasteiger partial charge in [-0.2, -0.15) is 18.2 Å². The minimum Gasteiger partial charge on any atom is -0.374 e. The molecular weight excluding hydrogens is 443 g/mol. The summed E-state index contributed by atoms with van der Waals surface area (Å²) in [5.41, 5.74) is -1.27. The molecule has 2 fully saturated rings. The second-order valence-corrected chi connectivity index (χ2v) is 7.54. The fourth-order valence-electron chi connectivity index (χ4n) is 3.43. The Morgan fingerprint density at radius 2 is 2.21 bits per heavy atom. The van der Waals surface area contributed by atoms with Crippen LogP contribution >= 0.6 is 15.9 Å². The lowest BCUT2D eigenvalue weighted by atomic mass is 10.1. The lowest BCUT2D eigenvalue weighted by Gasteiger charge is -2.31. The van der Waals surface area contributed by atoms with Crippen LogP contribution in [0.4, 0.5) is 18.9 Å². The van der Waals surface area contributed by atoms with E-state index in [9.17, 15) is 18.0 Å². The van der Waals surface area contributed by atoms with E-state index in [1.165, 1.54) is 12.1 Å². The average Bonchev–Trinajstić information content (AvgIpc) is 3.24. The number of benzene rings is 1. The number of anilines is 1. The van der Waals surface area contributed by atoms with E-state index in [0.717, 1.165) is 18.7 Å². The number of halogens is 4. The summed E-state index contributed by atoms with van der Waals surface area (Å²) in [5, 5.41) is 13.1. The summed E-state index contributed by atoms with van der Waals surface area (Å²) in [6.45, 7) is 1.13. The molecule has 7 nitrogen and oxygen atoms in total. The summed E-state index contributed by atoms with van der Waals surface area (Å²) in [5.74, 6) is -0.639. The summed E-state index contributed by atoms with van der Waals surface area (Å²) < 4.78 is 45.4. The van der Waals surface area contributed by atoms with Gasteiger partial charge >= 0.3 is 6.18 Å². The van der Waals surface area contributed by atoms with Crippen molar-refractivity contribution in [2.24, 2.45) is 4.99 Å². The number of hydrogen-bond donors (Lipinski definition) is 3. The maximum Gasteiger partial charge on any atom is 0.418 e. The number of morpholine rings is 1. The zero-order valence-electron chi connectivity index (χ0n) is 14.3. The lowest BCUT2D eigenvalue weighted by Crippen LogP contribution is -2.52. The summed E-state index contributed by atoms with van der Waals surface area (Å²) in [6.07, 6.45) is -2.57. The first-order valence-corrected chi connectivity index (χ1v) is 9.22. The predicted molar refractivity (Wildman–Crippen MR) is 99.0 cm³/mol. The molecule has 1 aromatic carbocycles. The molecular formula is C17H15BrF3N5O2. The van der Waals surface area contributed by atoms with Crippen LogP contribution < -0.4 is 10.6 Å². The number of amides is 1. The van der Waals surface area contributed by atoms with Crippen molar-refractivity contribution < 1.29 is 22.7 Å². The molecule has 3 aliphatic heterocycles. The Bertz CT molecular complexity index is 915. The number of amidine groups is 1. The maximum atomic E-state index is 13.2. The van der Waals surface area contributed by atoms with Gasteiger partial charge in [-0.25, -0.2) is 0 Å². The molecule has 2 bridgehead atoms. The summed E-state index contributed by atoms with van der Waals surface area (Å²) in [7, 11) is 0. The number of rotatable bonds is 2. The van der Waals surface area contributed by atoms with Crippen LogP contribution in [0.15, 0.2) is 39.4 Å². The largest absolute Gasteiger partial charge is 0.418 e. The molecule has 0 aromatic heterocycles. The number of guanidine groups is 1. The molecule has 0 saturated carbocycles. The van der Waals surface area contributed by atoms with Crippen LogP contribution in [0.5, 0.6) is 0 Å². The summed E-state index contributed by atoms with van der Waals surface area (Å²) in [4.78, 5) is 18.4. The number of nitrogens with zero attached hydrogens (tertiary/aromatic N) is 2. The highest BCUT2D eigenvalue weighted by molar-refractivity contribution is 9.10. The van der Waals surface area contributed by atoms with E-state index in [1.807, 2.05) is 4.90 Å². The Morgan fingerprint density at radius 3 is 2.82 bits per heavy atom. The molecule has 0 spiro atoms. The van der Waals surface area contributed by atoms with Crippen molar-refractivity contribution in [3.05, 3.63) is 40.0 Å². The summed E-state index contributed by atoms with van der Waals surface area (Å²) >= 11 is 3.02. The molecule has 1 amide bonds. The van der Waals surface area contributed by atoms with E-state index in [-0.39, 0.29) is 39.7 Å². The Labute approximate surface area is 166 Å². The van der Waals surface area contributed by atoms with Gasteiger partial charge in [0.1, 0.15) is 0 Å². The topological polar surface area (TPSA) is 89.8 Å². The first kappa shape index (κ1) is 18.9. The number of nitrogens with one attached hydrogen (secondary N) is 3. The van der Waals surface area contributed by atoms with Gasteiger partial charge < -0.3 is 15.0 Å². The Balaban J connectivity index is 1.55. The van der Waals surface area contributed by atoms with Crippen LogP contribution in [0.3, 0.4) is 0 Å². The van der Waals surface area contributed by atoms with Crippen LogP contribution in [0.25, 0.3) is 0 Å². The minimum atomic E-state index is -4.57. The fourth-order valence-corrected chi connectivity index (χ4v) is 3.79. The van der Waals surface area contributed by atoms with Gasteiger partial charge in [0.2, 0.25) is 5.96 Å². The molecule has 2 unspecified atom stereocenters. The number of carbonyl (C=O) groups excluding carboxylic acids is 1.